The fourth-order valence-corrected chi connectivity index (χ4v) is 12.4. The lowest BCUT2D eigenvalue weighted by Gasteiger charge is -2.35. The van der Waals surface area contributed by atoms with E-state index >= 15 is 0 Å². The molecule has 0 aromatic heterocycles. The third-order valence-corrected chi connectivity index (χ3v) is 15.6. The highest BCUT2D eigenvalue weighted by atomic mass is 16.5. The van der Waals surface area contributed by atoms with Crippen LogP contribution in [0.3, 0.4) is 0 Å². The minimum absolute atomic E-state index is 0.0928. The van der Waals surface area contributed by atoms with Gasteiger partial charge >= 0.3 is 0 Å². The summed E-state index contributed by atoms with van der Waals surface area (Å²) in [5.74, 6) is 0.523. The molecule has 0 heterocycles. The average molecular weight is 909 g/mol. The Morgan fingerprint density at radius 1 is 0.386 bits per heavy atom. The third-order valence-electron chi connectivity index (χ3n) is 15.6. The Balaban J connectivity index is 1.03. The molecule has 9 aromatic rings. The lowest BCUT2D eigenvalue weighted by atomic mass is 9.74. The van der Waals surface area contributed by atoms with Crippen molar-refractivity contribution in [3.05, 3.63) is 297 Å². The van der Waals surface area contributed by atoms with Crippen LogP contribution in [0, 0.1) is 5.92 Å². The average Bonchev–Trinajstić information content (AvgIpc) is 3.96. The number of ether oxygens (including phenoxy) is 1. The van der Waals surface area contributed by atoms with Crippen molar-refractivity contribution >= 4 is 0 Å². The number of benzene rings is 9. The monoisotopic (exact) mass is 908 g/mol. The maximum atomic E-state index is 13.8. The smallest absolute Gasteiger partial charge is 0.141 e. The summed E-state index contributed by atoms with van der Waals surface area (Å²) in [6, 6.07) is 68.2. The zero-order valence-electron chi connectivity index (χ0n) is 38.2. The molecule has 70 heavy (non-hydrogen) atoms. The van der Waals surface area contributed by atoms with Crippen LogP contribution in [0.4, 0.5) is 0 Å². The van der Waals surface area contributed by atoms with E-state index in [1.54, 1.807) is 0 Å². The summed E-state index contributed by atoms with van der Waals surface area (Å²) in [6.07, 6.45) is 8.72. The normalized spacial score (nSPS) is 19.1. The van der Waals surface area contributed by atoms with Crippen molar-refractivity contribution in [3.8, 4) is 44.9 Å². The van der Waals surface area contributed by atoms with Crippen LogP contribution in [0.2, 0.25) is 0 Å². The molecule has 0 saturated heterocycles. The van der Waals surface area contributed by atoms with Gasteiger partial charge in [0, 0.05) is 46.1 Å². The van der Waals surface area contributed by atoms with Gasteiger partial charge < -0.3 is 25.2 Å². The summed E-state index contributed by atoms with van der Waals surface area (Å²) < 4.78 is 7.35. The van der Waals surface area contributed by atoms with Crippen molar-refractivity contribution < 1.29 is 25.2 Å². The molecule has 0 spiro atoms. The summed E-state index contributed by atoms with van der Waals surface area (Å²) in [7, 11) is 0. The van der Waals surface area contributed by atoms with Crippen LogP contribution in [0.25, 0.3) is 33.4 Å². The Bertz CT molecular complexity index is 3550. The zero-order chi connectivity index (χ0) is 47.2. The van der Waals surface area contributed by atoms with Gasteiger partial charge in [-0.05, 0) is 96.6 Å². The predicted molar refractivity (Wildman–Crippen MR) is 275 cm³/mol. The second-order valence-electron chi connectivity index (χ2n) is 19.1. The second-order valence-corrected chi connectivity index (χ2v) is 19.1. The van der Waals surface area contributed by atoms with Gasteiger partial charge in [0.05, 0.1) is 6.61 Å². The SMILES string of the molecule is OCc1ccccc1-c1ccccc1Cc1cc(C2(O)c3ccccc3-c3ccccc32)ccc1Oc1ccc(C2(O)c3ccccc3-c3ccccc32)cc1C1(O)c2ccccc2C2C=CC=CC21. The molecule has 13 rings (SSSR count). The van der Waals surface area contributed by atoms with E-state index < -0.39 is 16.8 Å². The molecule has 4 aliphatic rings. The van der Waals surface area contributed by atoms with E-state index in [2.05, 4.69) is 60.7 Å². The van der Waals surface area contributed by atoms with Gasteiger partial charge in [0.1, 0.15) is 28.3 Å². The predicted octanol–water partition coefficient (Wildman–Crippen LogP) is 12.8. The van der Waals surface area contributed by atoms with Crippen molar-refractivity contribution in [3.63, 3.8) is 0 Å². The van der Waals surface area contributed by atoms with Crippen LogP contribution < -0.4 is 4.74 Å². The molecule has 3 unspecified atom stereocenters. The van der Waals surface area contributed by atoms with Gasteiger partial charge in [-0.3, -0.25) is 0 Å². The fraction of sp³-hybridized carbons (Fsp3) is 0.108. The Kier molecular flexibility index (Phi) is 9.71. The van der Waals surface area contributed by atoms with Crippen molar-refractivity contribution in [2.24, 2.45) is 5.92 Å². The molecular formula is C65H48O5. The maximum absolute atomic E-state index is 13.8. The molecule has 0 bridgehead atoms. The lowest BCUT2D eigenvalue weighted by molar-refractivity contribution is 0.0427. The topological polar surface area (TPSA) is 90.2 Å². The van der Waals surface area contributed by atoms with Gasteiger partial charge in [0.15, 0.2) is 0 Å². The second kappa shape index (κ2) is 16.1. The number of fused-ring (bicyclic) bond motifs is 9. The third kappa shape index (κ3) is 6.06. The van der Waals surface area contributed by atoms with Gasteiger partial charge in [-0.2, -0.15) is 0 Å². The van der Waals surface area contributed by atoms with Crippen molar-refractivity contribution in [1.29, 1.82) is 0 Å². The maximum Gasteiger partial charge on any atom is 0.141 e. The van der Waals surface area contributed by atoms with E-state index in [9.17, 15) is 20.4 Å². The van der Waals surface area contributed by atoms with Crippen LogP contribution in [0.1, 0.15) is 72.7 Å². The van der Waals surface area contributed by atoms with E-state index in [1.165, 1.54) is 0 Å². The first kappa shape index (κ1) is 42.2. The first-order valence-electron chi connectivity index (χ1n) is 24.1. The molecule has 0 fully saturated rings. The number of hydrogen-bond acceptors (Lipinski definition) is 5. The van der Waals surface area contributed by atoms with Crippen LogP contribution >= 0.6 is 0 Å². The number of aliphatic hydroxyl groups excluding tert-OH is 1. The molecule has 0 aliphatic heterocycles. The molecule has 5 nitrogen and oxygen atoms in total. The zero-order valence-corrected chi connectivity index (χ0v) is 38.2. The Morgan fingerprint density at radius 2 is 0.829 bits per heavy atom. The largest absolute Gasteiger partial charge is 0.457 e. The van der Waals surface area contributed by atoms with Gasteiger partial charge in [0.25, 0.3) is 0 Å². The van der Waals surface area contributed by atoms with Crippen LogP contribution in [-0.2, 0) is 29.8 Å². The fourth-order valence-electron chi connectivity index (χ4n) is 12.4. The molecule has 5 heteroatoms. The first-order chi connectivity index (χ1) is 34.3. The van der Waals surface area contributed by atoms with Gasteiger partial charge in [0.2, 0.25) is 0 Å². The Labute approximate surface area is 407 Å². The summed E-state index contributed by atoms with van der Waals surface area (Å²) in [4.78, 5) is 0. The minimum Gasteiger partial charge on any atom is -0.457 e. The quantitative estimate of drug-likeness (QED) is 0.116. The summed E-state index contributed by atoms with van der Waals surface area (Å²) in [5, 5.41) is 50.9. The van der Waals surface area contributed by atoms with Crippen LogP contribution in [0.5, 0.6) is 11.5 Å². The molecule has 338 valence electrons. The molecular weight excluding hydrogens is 861 g/mol. The molecule has 9 aromatic carbocycles. The molecule has 0 amide bonds. The highest BCUT2D eigenvalue weighted by Crippen LogP contribution is 2.59. The van der Waals surface area contributed by atoms with Crippen molar-refractivity contribution in [2.45, 2.75) is 35.7 Å². The number of allylic oxidation sites excluding steroid dienone is 3. The van der Waals surface area contributed by atoms with Gasteiger partial charge in [-0.25, -0.2) is 0 Å². The molecule has 4 aliphatic carbocycles. The molecule has 4 N–H and O–H groups in total. The van der Waals surface area contributed by atoms with E-state index in [1.807, 2.05) is 170 Å². The number of aliphatic hydroxyl groups is 4. The van der Waals surface area contributed by atoms with Gasteiger partial charge in [-0.1, -0.05) is 206 Å². The molecule has 0 saturated carbocycles. The van der Waals surface area contributed by atoms with Gasteiger partial charge in [-0.15, -0.1) is 0 Å². The summed E-state index contributed by atoms with van der Waals surface area (Å²) >= 11 is 0. The van der Waals surface area contributed by atoms with Crippen molar-refractivity contribution in [1.82, 2.24) is 0 Å². The van der Waals surface area contributed by atoms with Crippen molar-refractivity contribution in [2.75, 3.05) is 0 Å². The Morgan fingerprint density at radius 3 is 1.40 bits per heavy atom. The van der Waals surface area contributed by atoms with E-state index in [0.29, 0.717) is 34.6 Å². The number of rotatable bonds is 9. The highest BCUT2D eigenvalue weighted by molar-refractivity contribution is 5.84. The standard InChI is InChI=1S/C65H48O5/c66-40-42-18-2-4-20-47(42)46-19-3-1-17-41(46)37-43-38-44(63(67)54-27-11-5-21-48(54)49-22-6-12-28-55(49)63)33-35-61(43)70-62-36-34-45(64(68)56-29-13-7-23-50(56)51-24-8-14-30-57(51)64)39-60(62)65(69)58-31-15-9-25-52(58)53-26-10-16-32-59(53)65/h1-36,38-39,52,58,66-69H,37,40H2. The molecule has 3 atom stereocenters. The minimum atomic E-state index is -1.57. The van der Waals surface area contributed by atoms with Crippen LogP contribution in [-0.4, -0.2) is 20.4 Å². The summed E-state index contributed by atoms with van der Waals surface area (Å²) in [6.45, 7) is -0.107. The van der Waals surface area contributed by atoms with E-state index in [4.69, 9.17) is 4.74 Å². The first-order valence-corrected chi connectivity index (χ1v) is 24.1. The molecule has 0 radical (unpaired) electrons. The van der Waals surface area contributed by atoms with E-state index in [-0.39, 0.29) is 18.4 Å². The van der Waals surface area contributed by atoms with E-state index in [0.717, 1.165) is 83.5 Å². The lowest BCUT2D eigenvalue weighted by Crippen LogP contribution is -2.35. The number of hydrogen-bond donors (Lipinski definition) is 4. The summed E-state index contributed by atoms with van der Waals surface area (Å²) in [5.41, 5.74) is 10.8. The highest BCUT2D eigenvalue weighted by Gasteiger charge is 2.53. The van der Waals surface area contributed by atoms with Crippen LogP contribution in [0.15, 0.2) is 231 Å². The Hall–Kier alpha value is -7.90.